The van der Waals surface area contributed by atoms with Crippen LogP contribution in [0.3, 0.4) is 0 Å². The molecule has 0 radical (unpaired) electrons. The predicted octanol–water partition coefficient (Wildman–Crippen LogP) is 3.20. The second-order valence-corrected chi connectivity index (χ2v) is 7.03. The minimum atomic E-state index is 0. The third-order valence-electron chi connectivity index (χ3n) is 4.59. The van der Waals surface area contributed by atoms with Crippen molar-refractivity contribution in [2.24, 2.45) is 4.99 Å². The highest BCUT2D eigenvalue weighted by Gasteiger charge is 2.10. The largest absolute Gasteiger partial charge is 0.356 e. The zero-order chi connectivity index (χ0) is 18.9. The number of rotatable bonds is 7. The Morgan fingerprint density at radius 1 is 1.14 bits per heavy atom. The fourth-order valence-corrected chi connectivity index (χ4v) is 3.22. The average molecular weight is 519 g/mol. The molecule has 1 fully saturated rings. The summed E-state index contributed by atoms with van der Waals surface area (Å²) in [5.41, 5.74) is 0.887. The third kappa shape index (κ3) is 7.21. The Bertz CT molecular complexity index is 730. The van der Waals surface area contributed by atoms with Gasteiger partial charge in [-0.15, -0.1) is 24.0 Å². The number of aromatic nitrogens is 2. The van der Waals surface area contributed by atoms with Crippen molar-refractivity contribution in [3.8, 4) is 11.4 Å². The standard InChI is InChI=1S/C19H27ClN6O.HI/c1-21-19(23-11-14-26-12-3-2-4-13-26)22-10-9-17-24-18(25-27-17)15-5-7-16(20)8-6-15;/h5-8H,2-4,9-14H2,1H3,(H2,21,22,23);1H. The molecule has 2 heterocycles. The number of benzene rings is 1. The van der Waals surface area contributed by atoms with E-state index in [9.17, 15) is 0 Å². The minimum absolute atomic E-state index is 0. The molecule has 0 saturated carbocycles. The Kier molecular flexibility index (Phi) is 10.0. The summed E-state index contributed by atoms with van der Waals surface area (Å²) >= 11 is 5.90. The molecule has 28 heavy (non-hydrogen) atoms. The highest BCUT2D eigenvalue weighted by atomic mass is 127. The van der Waals surface area contributed by atoms with Crippen molar-refractivity contribution >= 4 is 41.5 Å². The first-order valence-electron chi connectivity index (χ1n) is 9.50. The average Bonchev–Trinajstić information content (AvgIpc) is 3.17. The number of hydrogen-bond acceptors (Lipinski definition) is 5. The van der Waals surface area contributed by atoms with Gasteiger partial charge in [-0.2, -0.15) is 4.98 Å². The Morgan fingerprint density at radius 3 is 2.57 bits per heavy atom. The van der Waals surface area contributed by atoms with Gasteiger partial charge >= 0.3 is 0 Å². The van der Waals surface area contributed by atoms with Gasteiger partial charge in [-0.3, -0.25) is 4.99 Å². The summed E-state index contributed by atoms with van der Waals surface area (Å²) in [7, 11) is 1.78. The summed E-state index contributed by atoms with van der Waals surface area (Å²) in [6, 6.07) is 7.38. The molecule has 0 amide bonds. The first-order chi connectivity index (χ1) is 13.2. The van der Waals surface area contributed by atoms with Crippen LogP contribution in [0.15, 0.2) is 33.8 Å². The van der Waals surface area contributed by atoms with Crippen LogP contribution in [0.5, 0.6) is 0 Å². The molecule has 0 aliphatic carbocycles. The molecule has 0 spiro atoms. The van der Waals surface area contributed by atoms with Gasteiger partial charge < -0.3 is 20.1 Å². The van der Waals surface area contributed by atoms with E-state index in [0.717, 1.165) is 24.6 Å². The molecule has 9 heteroatoms. The fraction of sp³-hybridized carbons (Fsp3) is 0.526. The summed E-state index contributed by atoms with van der Waals surface area (Å²) < 4.78 is 5.32. The van der Waals surface area contributed by atoms with Crippen LogP contribution < -0.4 is 10.6 Å². The Morgan fingerprint density at radius 2 is 1.86 bits per heavy atom. The van der Waals surface area contributed by atoms with Crippen molar-refractivity contribution < 1.29 is 4.52 Å². The number of halogens is 2. The molecule has 1 saturated heterocycles. The summed E-state index contributed by atoms with van der Waals surface area (Å²) in [5.74, 6) is 1.96. The molecule has 0 bridgehead atoms. The number of nitrogens with one attached hydrogen (secondary N) is 2. The van der Waals surface area contributed by atoms with E-state index in [1.54, 1.807) is 7.05 Å². The van der Waals surface area contributed by atoms with Gasteiger partial charge in [0, 0.05) is 43.7 Å². The Balaban J connectivity index is 0.00000280. The van der Waals surface area contributed by atoms with E-state index in [0.29, 0.717) is 29.7 Å². The molecule has 2 N–H and O–H groups in total. The highest BCUT2D eigenvalue weighted by Crippen LogP contribution is 2.18. The van der Waals surface area contributed by atoms with Crippen molar-refractivity contribution in [2.45, 2.75) is 25.7 Å². The van der Waals surface area contributed by atoms with Crippen LogP contribution in [0, 0.1) is 0 Å². The summed E-state index contributed by atoms with van der Waals surface area (Å²) in [4.78, 5) is 11.2. The van der Waals surface area contributed by atoms with Crippen molar-refractivity contribution in [1.29, 1.82) is 0 Å². The van der Waals surface area contributed by atoms with E-state index in [1.165, 1.54) is 32.4 Å². The van der Waals surface area contributed by atoms with E-state index in [4.69, 9.17) is 16.1 Å². The lowest BCUT2D eigenvalue weighted by atomic mass is 10.1. The number of piperidine rings is 1. The molecular weight excluding hydrogens is 491 g/mol. The van der Waals surface area contributed by atoms with Crippen molar-refractivity contribution in [3.63, 3.8) is 0 Å². The van der Waals surface area contributed by atoms with Gasteiger partial charge in [0.1, 0.15) is 0 Å². The molecule has 1 aromatic heterocycles. The van der Waals surface area contributed by atoms with E-state index in [1.807, 2.05) is 24.3 Å². The molecular formula is C19H28ClIN6O. The van der Waals surface area contributed by atoms with Crippen LogP contribution in [0.25, 0.3) is 11.4 Å². The summed E-state index contributed by atoms with van der Waals surface area (Å²) in [6.45, 7) is 5.03. The van der Waals surface area contributed by atoms with Crippen LogP contribution in [0.2, 0.25) is 5.02 Å². The summed E-state index contributed by atoms with van der Waals surface area (Å²) in [5, 5.41) is 11.4. The van der Waals surface area contributed by atoms with Gasteiger partial charge in [-0.1, -0.05) is 23.2 Å². The maximum Gasteiger partial charge on any atom is 0.228 e. The molecule has 1 aliphatic heterocycles. The van der Waals surface area contributed by atoms with Crippen molar-refractivity contribution in [2.75, 3.05) is 39.8 Å². The van der Waals surface area contributed by atoms with Gasteiger partial charge in [0.05, 0.1) is 0 Å². The SMILES string of the molecule is CN=C(NCCc1nc(-c2ccc(Cl)cc2)no1)NCCN1CCCCC1.I. The van der Waals surface area contributed by atoms with Gasteiger partial charge in [0.2, 0.25) is 11.7 Å². The zero-order valence-corrected chi connectivity index (χ0v) is 19.2. The molecule has 1 aliphatic rings. The molecule has 0 atom stereocenters. The normalized spacial score (nSPS) is 15.1. The maximum atomic E-state index is 5.90. The molecule has 3 rings (SSSR count). The predicted molar refractivity (Wildman–Crippen MR) is 124 cm³/mol. The molecule has 154 valence electrons. The number of guanidine groups is 1. The second-order valence-electron chi connectivity index (χ2n) is 6.60. The van der Waals surface area contributed by atoms with Gasteiger partial charge in [0.25, 0.3) is 0 Å². The van der Waals surface area contributed by atoms with Gasteiger partial charge in [-0.05, 0) is 50.2 Å². The van der Waals surface area contributed by atoms with Crippen molar-refractivity contribution in [1.82, 2.24) is 25.7 Å². The number of nitrogens with zero attached hydrogens (tertiary/aromatic N) is 4. The maximum absolute atomic E-state index is 5.90. The van der Waals surface area contributed by atoms with E-state index >= 15 is 0 Å². The Hall–Kier alpha value is -1.39. The molecule has 0 unspecified atom stereocenters. The van der Waals surface area contributed by atoms with Crippen LogP contribution in [-0.4, -0.2) is 60.8 Å². The van der Waals surface area contributed by atoms with Crippen LogP contribution in [-0.2, 0) is 6.42 Å². The van der Waals surface area contributed by atoms with Crippen molar-refractivity contribution in [3.05, 3.63) is 35.2 Å². The smallest absolute Gasteiger partial charge is 0.228 e. The number of likely N-dealkylation sites (tertiary alicyclic amines) is 1. The monoisotopic (exact) mass is 518 g/mol. The van der Waals surface area contributed by atoms with Gasteiger partial charge in [0.15, 0.2) is 5.96 Å². The van der Waals surface area contributed by atoms with Crippen LogP contribution in [0.1, 0.15) is 25.2 Å². The molecule has 1 aromatic carbocycles. The third-order valence-corrected chi connectivity index (χ3v) is 4.85. The van der Waals surface area contributed by atoms with Gasteiger partial charge in [-0.25, -0.2) is 0 Å². The minimum Gasteiger partial charge on any atom is -0.356 e. The van der Waals surface area contributed by atoms with E-state index in [-0.39, 0.29) is 24.0 Å². The topological polar surface area (TPSA) is 78.6 Å². The van der Waals surface area contributed by atoms with E-state index in [2.05, 4.69) is 30.7 Å². The summed E-state index contributed by atoms with van der Waals surface area (Å²) in [6.07, 6.45) is 4.63. The first kappa shape index (κ1) is 22.9. The highest BCUT2D eigenvalue weighted by molar-refractivity contribution is 14.0. The number of hydrogen-bond donors (Lipinski definition) is 2. The van der Waals surface area contributed by atoms with Crippen LogP contribution >= 0.6 is 35.6 Å². The zero-order valence-electron chi connectivity index (χ0n) is 16.2. The lowest BCUT2D eigenvalue weighted by molar-refractivity contribution is 0.232. The van der Waals surface area contributed by atoms with E-state index < -0.39 is 0 Å². The quantitative estimate of drug-likeness (QED) is 0.333. The number of aliphatic imine (C=N–C) groups is 1. The fourth-order valence-electron chi connectivity index (χ4n) is 3.10. The lowest BCUT2D eigenvalue weighted by Gasteiger charge is -2.26. The Labute approximate surface area is 188 Å². The van der Waals surface area contributed by atoms with Crippen LogP contribution in [0.4, 0.5) is 0 Å². The molecule has 7 nitrogen and oxygen atoms in total. The second kappa shape index (κ2) is 12.2. The molecule has 2 aromatic rings. The first-order valence-corrected chi connectivity index (χ1v) is 9.88. The lowest BCUT2D eigenvalue weighted by Crippen LogP contribution is -2.43.